The van der Waals surface area contributed by atoms with Gasteiger partial charge in [0, 0.05) is 0 Å². The third-order valence-corrected chi connectivity index (χ3v) is 4.58. The van der Waals surface area contributed by atoms with Crippen molar-refractivity contribution in [2.45, 2.75) is 97.3 Å². The van der Waals surface area contributed by atoms with Crippen molar-refractivity contribution in [3.8, 4) is 0 Å². The fourth-order valence-electron chi connectivity index (χ4n) is 2.99. The zero-order valence-electron chi connectivity index (χ0n) is 15.7. The Morgan fingerprint density at radius 3 is 1.87 bits per heavy atom. The predicted octanol–water partition coefficient (Wildman–Crippen LogP) is 7.96. The summed E-state index contributed by atoms with van der Waals surface area (Å²) in [6.45, 7) is 4.54. The molecule has 0 bridgehead atoms. The molecule has 130 valence electrons. The van der Waals surface area contributed by atoms with Crippen LogP contribution in [0.5, 0.6) is 0 Å². The summed E-state index contributed by atoms with van der Waals surface area (Å²) < 4.78 is 0. The average molecular weight is 315 g/mol. The zero-order valence-corrected chi connectivity index (χ0v) is 15.7. The van der Waals surface area contributed by atoms with Crippen LogP contribution >= 0.6 is 0 Å². The molecule has 0 fully saturated rings. The Hall–Kier alpha value is -1.04. The van der Waals surface area contributed by atoms with Gasteiger partial charge < -0.3 is 0 Å². The Morgan fingerprint density at radius 2 is 1.22 bits per heavy atom. The normalized spacial score (nSPS) is 11.4. The smallest absolute Gasteiger partial charge is 0.0260 e. The Balaban J connectivity index is 2.09. The van der Waals surface area contributed by atoms with Crippen LogP contribution in [0, 0.1) is 0 Å². The molecule has 0 amide bonds. The first kappa shape index (κ1) is 20.0. The van der Waals surface area contributed by atoms with Gasteiger partial charge in [0.2, 0.25) is 0 Å². The minimum atomic E-state index is 1.22. The van der Waals surface area contributed by atoms with E-state index in [0.29, 0.717) is 0 Å². The Kier molecular flexibility index (Phi) is 12.7. The van der Waals surface area contributed by atoms with E-state index in [1.54, 1.807) is 0 Å². The molecule has 0 nitrogen and oxygen atoms in total. The molecule has 0 saturated carbocycles. The first-order chi connectivity index (χ1) is 11.4. The summed E-state index contributed by atoms with van der Waals surface area (Å²) in [5, 5.41) is 0. The monoisotopic (exact) mass is 314 g/mol. The molecule has 0 aliphatic carbocycles. The van der Waals surface area contributed by atoms with Crippen LogP contribution in [0.25, 0.3) is 6.08 Å². The minimum Gasteiger partial charge on any atom is -0.0839 e. The molecular formula is C23H38. The summed E-state index contributed by atoms with van der Waals surface area (Å²) in [5.74, 6) is 0. The average Bonchev–Trinajstić information content (AvgIpc) is 2.58. The molecule has 0 aliphatic heterocycles. The summed E-state index contributed by atoms with van der Waals surface area (Å²) >= 11 is 0. The molecule has 0 N–H and O–H groups in total. The SMILES string of the molecule is CCCCCC=Cc1ccc(CCCCCCCCCC)cc1. The first-order valence-electron chi connectivity index (χ1n) is 10.1. The third kappa shape index (κ3) is 11.2. The summed E-state index contributed by atoms with van der Waals surface area (Å²) in [5.41, 5.74) is 2.85. The number of hydrogen-bond acceptors (Lipinski definition) is 0. The fraction of sp³-hybridized carbons (Fsp3) is 0.652. The Bertz CT molecular complexity index is 385. The first-order valence-corrected chi connectivity index (χ1v) is 10.1. The van der Waals surface area contributed by atoms with E-state index in [4.69, 9.17) is 0 Å². The predicted molar refractivity (Wildman–Crippen MR) is 106 cm³/mol. The number of aryl methyl sites for hydroxylation is 1. The van der Waals surface area contributed by atoms with Crippen LogP contribution in [0.1, 0.15) is 102 Å². The fourth-order valence-corrected chi connectivity index (χ4v) is 2.99. The van der Waals surface area contributed by atoms with Gasteiger partial charge in [0.15, 0.2) is 0 Å². The molecule has 1 aromatic carbocycles. The Labute approximate surface area is 145 Å². The molecule has 23 heavy (non-hydrogen) atoms. The molecule has 1 rings (SSSR count). The van der Waals surface area contributed by atoms with Crippen LogP contribution < -0.4 is 0 Å². The maximum absolute atomic E-state index is 2.32. The quantitative estimate of drug-likeness (QED) is 0.305. The molecular weight excluding hydrogens is 276 g/mol. The molecule has 0 aliphatic rings. The van der Waals surface area contributed by atoms with Gasteiger partial charge in [0.05, 0.1) is 0 Å². The van der Waals surface area contributed by atoms with Crippen molar-refractivity contribution in [1.29, 1.82) is 0 Å². The highest BCUT2D eigenvalue weighted by Crippen LogP contribution is 2.13. The van der Waals surface area contributed by atoms with Gasteiger partial charge in [-0.05, 0) is 36.8 Å². The molecule has 0 saturated heterocycles. The van der Waals surface area contributed by atoms with E-state index in [-0.39, 0.29) is 0 Å². The molecule has 0 unspecified atom stereocenters. The third-order valence-electron chi connectivity index (χ3n) is 4.58. The van der Waals surface area contributed by atoms with Crippen molar-refractivity contribution >= 4 is 6.08 Å². The highest BCUT2D eigenvalue weighted by atomic mass is 14.0. The van der Waals surface area contributed by atoms with Gasteiger partial charge in [-0.3, -0.25) is 0 Å². The van der Waals surface area contributed by atoms with Crippen molar-refractivity contribution in [1.82, 2.24) is 0 Å². The largest absolute Gasteiger partial charge is 0.0839 e. The van der Waals surface area contributed by atoms with Gasteiger partial charge in [-0.1, -0.05) is 108 Å². The maximum Gasteiger partial charge on any atom is -0.0260 e. The van der Waals surface area contributed by atoms with Gasteiger partial charge in [-0.25, -0.2) is 0 Å². The Morgan fingerprint density at radius 1 is 0.652 bits per heavy atom. The summed E-state index contributed by atoms with van der Waals surface area (Å²) in [7, 11) is 0. The molecule has 0 spiro atoms. The van der Waals surface area contributed by atoms with Crippen LogP contribution in [-0.2, 0) is 6.42 Å². The maximum atomic E-state index is 2.32. The topological polar surface area (TPSA) is 0 Å². The van der Waals surface area contributed by atoms with Gasteiger partial charge in [-0.15, -0.1) is 0 Å². The highest BCUT2D eigenvalue weighted by molar-refractivity contribution is 5.49. The number of allylic oxidation sites excluding steroid dienone is 1. The van der Waals surface area contributed by atoms with E-state index >= 15 is 0 Å². The van der Waals surface area contributed by atoms with Crippen LogP contribution in [0.15, 0.2) is 30.3 Å². The van der Waals surface area contributed by atoms with E-state index in [9.17, 15) is 0 Å². The molecule has 0 aromatic heterocycles. The summed E-state index contributed by atoms with van der Waals surface area (Å²) in [4.78, 5) is 0. The lowest BCUT2D eigenvalue weighted by Gasteiger charge is -2.03. The van der Waals surface area contributed by atoms with Crippen molar-refractivity contribution < 1.29 is 0 Å². The van der Waals surface area contributed by atoms with E-state index in [2.05, 4.69) is 50.3 Å². The van der Waals surface area contributed by atoms with Crippen LogP contribution in [-0.4, -0.2) is 0 Å². The number of unbranched alkanes of at least 4 members (excludes halogenated alkanes) is 10. The second-order valence-corrected chi connectivity index (χ2v) is 6.86. The van der Waals surface area contributed by atoms with Gasteiger partial charge in [0.1, 0.15) is 0 Å². The lowest BCUT2D eigenvalue weighted by Crippen LogP contribution is -1.87. The van der Waals surface area contributed by atoms with Crippen LogP contribution in [0.3, 0.4) is 0 Å². The molecule has 0 heteroatoms. The van der Waals surface area contributed by atoms with Crippen molar-refractivity contribution in [3.63, 3.8) is 0 Å². The van der Waals surface area contributed by atoms with E-state index in [1.807, 2.05) is 0 Å². The number of benzene rings is 1. The summed E-state index contributed by atoms with van der Waals surface area (Å²) in [6, 6.07) is 9.17. The van der Waals surface area contributed by atoms with Crippen LogP contribution in [0.2, 0.25) is 0 Å². The lowest BCUT2D eigenvalue weighted by atomic mass is 10.0. The molecule has 0 heterocycles. The van der Waals surface area contributed by atoms with E-state index in [1.165, 1.54) is 94.6 Å². The lowest BCUT2D eigenvalue weighted by molar-refractivity contribution is 0.575. The zero-order chi connectivity index (χ0) is 16.6. The standard InChI is InChI=1S/C23H38/c1-3-5-7-9-10-11-13-15-17-23-20-18-22(19-21-23)16-14-12-8-6-4-2/h14,16,18-21H,3-13,15,17H2,1-2H3. The minimum absolute atomic E-state index is 1.22. The summed E-state index contributed by atoms with van der Waals surface area (Å²) in [6.07, 6.45) is 22.3. The van der Waals surface area contributed by atoms with Crippen molar-refractivity contribution in [2.75, 3.05) is 0 Å². The van der Waals surface area contributed by atoms with Crippen LogP contribution in [0.4, 0.5) is 0 Å². The van der Waals surface area contributed by atoms with Gasteiger partial charge >= 0.3 is 0 Å². The van der Waals surface area contributed by atoms with Crippen molar-refractivity contribution in [2.24, 2.45) is 0 Å². The highest BCUT2D eigenvalue weighted by Gasteiger charge is 1.95. The van der Waals surface area contributed by atoms with Gasteiger partial charge in [0.25, 0.3) is 0 Å². The molecule has 1 aromatic rings. The number of rotatable bonds is 14. The van der Waals surface area contributed by atoms with E-state index in [0.717, 1.165) is 0 Å². The van der Waals surface area contributed by atoms with E-state index < -0.39 is 0 Å². The molecule has 0 radical (unpaired) electrons. The number of hydrogen-bond donors (Lipinski definition) is 0. The second-order valence-electron chi connectivity index (χ2n) is 6.86. The van der Waals surface area contributed by atoms with Crippen molar-refractivity contribution in [3.05, 3.63) is 41.5 Å². The second kappa shape index (κ2) is 14.5. The molecule has 0 atom stereocenters. The van der Waals surface area contributed by atoms with Gasteiger partial charge in [-0.2, -0.15) is 0 Å².